The van der Waals surface area contributed by atoms with E-state index in [4.69, 9.17) is 9.84 Å². The lowest BCUT2D eigenvalue weighted by Crippen LogP contribution is -2.33. The Hall–Kier alpha value is -3.71. The second kappa shape index (κ2) is 10.1. The molecular formula is C25H21BrN4O2. The highest BCUT2D eigenvalue weighted by atomic mass is 79.9. The minimum absolute atomic E-state index is 0.353. The van der Waals surface area contributed by atoms with Gasteiger partial charge in [0, 0.05) is 17.3 Å². The van der Waals surface area contributed by atoms with Crippen molar-refractivity contribution in [3.8, 4) is 22.7 Å². The largest absolute Gasteiger partial charge is 0.480 e. The molecule has 160 valence electrons. The number of carbonyl (C=O) groups is 1. The second-order valence-electron chi connectivity index (χ2n) is 7.00. The van der Waals surface area contributed by atoms with E-state index in [1.54, 1.807) is 23.9 Å². The summed E-state index contributed by atoms with van der Waals surface area (Å²) in [7, 11) is 0. The third kappa shape index (κ3) is 5.12. The summed E-state index contributed by atoms with van der Waals surface area (Å²) >= 11 is 3.41. The van der Waals surface area contributed by atoms with Gasteiger partial charge >= 0.3 is 0 Å². The third-order valence-corrected chi connectivity index (χ3v) is 5.35. The van der Waals surface area contributed by atoms with Crippen LogP contribution in [0.15, 0.2) is 101 Å². The Morgan fingerprint density at radius 3 is 2.41 bits per heavy atom. The zero-order chi connectivity index (χ0) is 22.3. The van der Waals surface area contributed by atoms with E-state index in [2.05, 4.69) is 26.5 Å². The van der Waals surface area contributed by atoms with Crippen LogP contribution in [0.25, 0.3) is 16.9 Å². The lowest BCUT2D eigenvalue weighted by atomic mass is 10.1. The summed E-state index contributed by atoms with van der Waals surface area (Å²) < 4.78 is 8.29. The van der Waals surface area contributed by atoms with Crippen LogP contribution in [0.2, 0.25) is 0 Å². The van der Waals surface area contributed by atoms with Crippen LogP contribution in [0, 0.1) is 0 Å². The Bertz CT molecular complexity index is 1220. The average molecular weight is 489 g/mol. The zero-order valence-corrected chi connectivity index (χ0v) is 18.9. The van der Waals surface area contributed by atoms with E-state index in [1.807, 2.05) is 85.1 Å². The number of hydrazone groups is 1. The van der Waals surface area contributed by atoms with Crippen LogP contribution in [0.3, 0.4) is 0 Å². The van der Waals surface area contributed by atoms with E-state index in [0.717, 1.165) is 27.0 Å². The number of para-hydroxylation sites is 2. The minimum atomic E-state index is -0.716. The number of hydrogen-bond acceptors (Lipinski definition) is 4. The number of carbonyl (C=O) groups excluding carboxylic acids is 1. The Balaban J connectivity index is 1.52. The molecule has 0 saturated heterocycles. The van der Waals surface area contributed by atoms with Gasteiger partial charge in [0.15, 0.2) is 6.10 Å². The molecular weight excluding hydrogens is 468 g/mol. The van der Waals surface area contributed by atoms with E-state index in [9.17, 15) is 4.79 Å². The van der Waals surface area contributed by atoms with Crippen LogP contribution < -0.4 is 10.2 Å². The van der Waals surface area contributed by atoms with E-state index in [1.165, 1.54) is 0 Å². The van der Waals surface area contributed by atoms with Crippen LogP contribution in [-0.2, 0) is 4.79 Å². The number of hydrogen-bond donors (Lipinski definition) is 1. The molecule has 4 aromatic rings. The molecule has 1 atom stereocenters. The van der Waals surface area contributed by atoms with Crippen molar-refractivity contribution in [3.05, 3.63) is 101 Å². The number of aromatic nitrogens is 2. The second-order valence-corrected chi connectivity index (χ2v) is 7.86. The maximum Gasteiger partial charge on any atom is 0.280 e. The molecule has 1 amide bonds. The molecule has 0 aliphatic rings. The lowest BCUT2D eigenvalue weighted by Gasteiger charge is -2.13. The molecule has 0 aliphatic heterocycles. The van der Waals surface area contributed by atoms with Crippen LogP contribution in [0.1, 0.15) is 12.5 Å². The fourth-order valence-electron chi connectivity index (χ4n) is 3.06. The quantitative estimate of drug-likeness (QED) is 0.286. The van der Waals surface area contributed by atoms with Gasteiger partial charge in [-0.1, -0.05) is 60.7 Å². The molecule has 0 unspecified atom stereocenters. The van der Waals surface area contributed by atoms with E-state index in [0.29, 0.717) is 5.75 Å². The molecule has 0 spiro atoms. The van der Waals surface area contributed by atoms with Gasteiger partial charge in [0.05, 0.1) is 16.4 Å². The van der Waals surface area contributed by atoms with Crippen molar-refractivity contribution in [3.63, 3.8) is 0 Å². The summed E-state index contributed by atoms with van der Waals surface area (Å²) in [6, 6.07) is 27.1. The van der Waals surface area contributed by atoms with Gasteiger partial charge in [-0.2, -0.15) is 10.2 Å². The monoisotopic (exact) mass is 488 g/mol. The van der Waals surface area contributed by atoms with Crippen LogP contribution in [0.5, 0.6) is 5.75 Å². The maximum atomic E-state index is 12.4. The molecule has 0 radical (unpaired) electrons. The van der Waals surface area contributed by atoms with Gasteiger partial charge in [0.1, 0.15) is 11.4 Å². The van der Waals surface area contributed by atoms with Crippen molar-refractivity contribution >= 4 is 28.1 Å². The van der Waals surface area contributed by atoms with Gasteiger partial charge in [-0.3, -0.25) is 4.79 Å². The Kier molecular flexibility index (Phi) is 6.77. The highest BCUT2D eigenvalue weighted by molar-refractivity contribution is 9.10. The first-order valence-corrected chi connectivity index (χ1v) is 10.9. The van der Waals surface area contributed by atoms with Crippen LogP contribution >= 0.6 is 15.9 Å². The molecule has 0 bridgehead atoms. The standard InChI is InChI=1S/C25H21BrN4O2/c1-18(32-23-15-9-8-14-22(23)26)25(31)28-27-16-20-17-30(21-12-6-3-7-13-21)29-24(20)19-10-4-2-5-11-19/h2-18H,1H3,(H,28,31)/b27-16-/t18-/m0/s1. The fourth-order valence-corrected chi connectivity index (χ4v) is 3.43. The predicted octanol–water partition coefficient (Wildman–Crippen LogP) is 5.22. The molecule has 7 heteroatoms. The number of rotatable bonds is 7. The first kappa shape index (κ1) is 21.5. The van der Waals surface area contributed by atoms with Gasteiger partial charge in [0.25, 0.3) is 5.91 Å². The highest BCUT2D eigenvalue weighted by Gasteiger charge is 2.16. The van der Waals surface area contributed by atoms with Gasteiger partial charge in [-0.25, -0.2) is 10.1 Å². The number of nitrogens with one attached hydrogen (secondary N) is 1. The van der Waals surface area contributed by atoms with E-state index < -0.39 is 6.10 Å². The topological polar surface area (TPSA) is 68.5 Å². The Labute approximate surface area is 194 Å². The molecule has 3 aromatic carbocycles. The molecule has 0 saturated carbocycles. The number of benzene rings is 3. The molecule has 1 heterocycles. The number of ether oxygens (including phenoxy) is 1. The lowest BCUT2D eigenvalue weighted by molar-refractivity contribution is -0.127. The van der Waals surface area contributed by atoms with Crippen LogP contribution in [0.4, 0.5) is 0 Å². The van der Waals surface area contributed by atoms with Gasteiger partial charge in [-0.15, -0.1) is 0 Å². The summed E-state index contributed by atoms with van der Waals surface area (Å²) in [5, 5.41) is 8.88. The van der Waals surface area contributed by atoms with Crippen molar-refractivity contribution in [2.75, 3.05) is 0 Å². The van der Waals surface area contributed by atoms with E-state index in [-0.39, 0.29) is 5.91 Å². The molecule has 0 fully saturated rings. The molecule has 32 heavy (non-hydrogen) atoms. The number of halogens is 1. The van der Waals surface area contributed by atoms with E-state index >= 15 is 0 Å². The van der Waals surface area contributed by atoms with Crippen molar-refractivity contribution in [1.29, 1.82) is 0 Å². The molecule has 1 aromatic heterocycles. The molecule has 0 aliphatic carbocycles. The summed E-state index contributed by atoms with van der Waals surface area (Å²) in [4.78, 5) is 12.4. The van der Waals surface area contributed by atoms with Gasteiger partial charge in [-0.05, 0) is 47.1 Å². The minimum Gasteiger partial charge on any atom is -0.480 e. The predicted molar refractivity (Wildman–Crippen MR) is 129 cm³/mol. The number of nitrogens with zero attached hydrogens (tertiary/aromatic N) is 3. The third-order valence-electron chi connectivity index (χ3n) is 4.70. The van der Waals surface area contributed by atoms with Crippen LogP contribution in [-0.4, -0.2) is 28.0 Å². The van der Waals surface area contributed by atoms with Crippen molar-refractivity contribution in [2.45, 2.75) is 13.0 Å². The number of amides is 1. The SMILES string of the molecule is C[C@H](Oc1ccccc1Br)C(=O)N/N=C\c1cn(-c2ccccc2)nc1-c1ccccc1. The van der Waals surface area contributed by atoms with Gasteiger partial charge < -0.3 is 4.74 Å². The molecule has 1 N–H and O–H groups in total. The fraction of sp³-hybridized carbons (Fsp3) is 0.0800. The first-order chi connectivity index (χ1) is 15.6. The molecule has 6 nitrogen and oxygen atoms in total. The summed E-state index contributed by atoms with van der Waals surface area (Å²) in [5.74, 6) is 0.239. The zero-order valence-electron chi connectivity index (χ0n) is 17.4. The van der Waals surface area contributed by atoms with Crippen molar-refractivity contribution in [1.82, 2.24) is 15.2 Å². The molecule has 4 rings (SSSR count). The maximum absolute atomic E-state index is 12.4. The van der Waals surface area contributed by atoms with Crippen molar-refractivity contribution in [2.24, 2.45) is 5.10 Å². The normalized spacial score (nSPS) is 11.9. The van der Waals surface area contributed by atoms with Crippen molar-refractivity contribution < 1.29 is 9.53 Å². The Morgan fingerprint density at radius 1 is 1.03 bits per heavy atom. The summed E-state index contributed by atoms with van der Waals surface area (Å²) in [5.41, 5.74) is 5.99. The average Bonchev–Trinajstić information content (AvgIpc) is 3.26. The Morgan fingerprint density at radius 2 is 1.69 bits per heavy atom. The highest BCUT2D eigenvalue weighted by Crippen LogP contribution is 2.25. The van der Waals surface area contributed by atoms with Gasteiger partial charge in [0.2, 0.25) is 0 Å². The first-order valence-electron chi connectivity index (χ1n) is 10.1. The summed E-state index contributed by atoms with van der Waals surface area (Å²) in [6.07, 6.45) is 2.76. The smallest absolute Gasteiger partial charge is 0.280 e. The summed E-state index contributed by atoms with van der Waals surface area (Å²) in [6.45, 7) is 1.67.